The number of anilines is 1. The molecule has 36 heavy (non-hydrogen) atoms. The highest BCUT2D eigenvalue weighted by molar-refractivity contribution is 5.95. The quantitative estimate of drug-likeness (QED) is 0.412. The third-order valence-electron chi connectivity index (χ3n) is 7.40. The number of nitrogens with one attached hydrogen (secondary N) is 3. The fourth-order valence-electron chi connectivity index (χ4n) is 5.08. The number of rotatable bonds is 7. The Balaban J connectivity index is 1.37. The summed E-state index contributed by atoms with van der Waals surface area (Å²) in [4.78, 5) is 12.9. The Morgan fingerprint density at radius 2 is 1.92 bits per heavy atom. The van der Waals surface area contributed by atoms with E-state index in [9.17, 15) is 0 Å². The van der Waals surface area contributed by atoms with Crippen molar-refractivity contribution >= 4 is 22.5 Å². The maximum Gasteiger partial charge on any atom is 0.140 e. The normalized spacial score (nSPS) is 16.9. The summed E-state index contributed by atoms with van der Waals surface area (Å²) in [6.45, 7) is 11.7. The van der Waals surface area contributed by atoms with Crippen LogP contribution < -0.4 is 10.6 Å². The first-order valence-electron chi connectivity index (χ1n) is 12.8. The number of hydrogen-bond donors (Lipinski definition) is 3. The topological polar surface area (TPSA) is 59.2 Å². The highest BCUT2D eigenvalue weighted by Gasteiger charge is 2.29. The van der Waals surface area contributed by atoms with E-state index in [-0.39, 0.29) is 5.41 Å². The molecular formula is C30H38N6. The third kappa shape index (κ3) is 4.78. The van der Waals surface area contributed by atoms with Gasteiger partial charge in [0.15, 0.2) is 0 Å². The van der Waals surface area contributed by atoms with Crippen LogP contribution in [0.2, 0.25) is 0 Å². The first-order chi connectivity index (χ1) is 17.2. The standard InChI is InChI=1S/C30H38N6/c1-20-24-11-10-21(16-27(24)30(2,3)19-32-20)26-18-31-29-25(26)12-13-28(34-29)33-22-8-7-9-23(17-22)36(6)15-14-35(4)5/h8,10-13,16-18,32H,1,7,9,14-15,19H2,2-6H3,(H2,31,33,34). The van der Waals surface area contributed by atoms with Crippen molar-refractivity contribution in [3.63, 3.8) is 0 Å². The van der Waals surface area contributed by atoms with Crippen LogP contribution in [-0.4, -0.2) is 60.5 Å². The number of benzene rings is 1. The summed E-state index contributed by atoms with van der Waals surface area (Å²) in [5, 5.41) is 8.10. The fraction of sp³-hybridized carbons (Fsp3) is 0.367. The number of fused-ring (bicyclic) bond motifs is 2. The Labute approximate surface area is 214 Å². The summed E-state index contributed by atoms with van der Waals surface area (Å²) in [6.07, 6.45) is 8.69. The van der Waals surface area contributed by atoms with Crippen LogP contribution >= 0.6 is 0 Å². The second kappa shape index (κ2) is 9.51. The molecule has 0 fully saturated rings. The summed E-state index contributed by atoms with van der Waals surface area (Å²) in [7, 11) is 6.41. The predicted octanol–water partition coefficient (Wildman–Crippen LogP) is 5.55. The number of allylic oxidation sites excluding steroid dienone is 3. The first kappa shape index (κ1) is 24.2. The second-order valence-electron chi connectivity index (χ2n) is 11.0. The van der Waals surface area contributed by atoms with Gasteiger partial charge in [-0.05, 0) is 62.3 Å². The lowest BCUT2D eigenvalue weighted by Crippen LogP contribution is -2.37. The molecular weight excluding hydrogens is 444 g/mol. The average molecular weight is 483 g/mol. The van der Waals surface area contributed by atoms with Gasteiger partial charge in [-0.3, -0.25) is 0 Å². The van der Waals surface area contributed by atoms with E-state index < -0.39 is 0 Å². The van der Waals surface area contributed by atoms with Gasteiger partial charge in [-0.1, -0.05) is 38.6 Å². The summed E-state index contributed by atoms with van der Waals surface area (Å²) in [5.41, 5.74) is 9.34. The van der Waals surface area contributed by atoms with Gasteiger partial charge in [-0.15, -0.1) is 0 Å². The van der Waals surface area contributed by atoms with Crippen LogP contribution in [0.15, 0.2) is 66.7 Å². The van der Waals surface area contributed by atoms with Gasteiger partial charge < -0.3 is 25.4 Å². The Morgan fingerprint density at radius 3 is 2.72 bits per heavy atom. The minimum Gasteiger partial charge on any atom is -0.384 e. The molecule has 6 nitrogen and oxygen atoms in total. The minimum atomic E-state index is 0.0502. The van der Waals surface area contributed by atoms with Gasteiger partial charge in [0.1, 0.15) is 11.5 Å². The molecule has 5 rings (SSSR count). The third-order valence-corrected chi connectivity index (χ3v) is 7.40. The van der Waals surface area contributed by atoms with Crippen molar-refractivity contribution in [1.82, 2.24) is 25.1 Å². The van der Waals surface area contributed by atoms with Crippen LogP contribution in [-0.2, 0) is 5.41 Å². The van der Waals surface area contributed by atoms with Gasteiger partial charge in [0.05, 0.1) is 0 Å². The lowest BCUT2D eigenvalue weighted by molar-refractivity contribution is 0.319. The molecule has 1 aliphatic heterocycles. The smallest absolute Gasteiger partial charge is 0.140 e. The minimum absolute atomic E-state index is 0.0502. The highest BCUT2D eigenvalue weighted by atomic mass is 15.2. The molecule has 3 heterocycles. The van der Waals surface area contributed by atoms with Crippen molar-refractivity contribution in [1.29, 1.82) is 0 Å². The Morgan fingerprint density at radius 1 is 1.08 bits per heavy atom. The van der Waals surface area contributed by atoms with Crippen LogP contribution in [0.3, 0.4) is 0 Å². The first-order valence-corrected chi connectivity index (χ1v) is 12.8. The SMILES string of the molecule is C=C1NCC(C)(C)c2cc(-c3c[nH]c4nc(NC5=CCCC(N(C)CCN(C)C)=C5)ccc34)ccc21. The van der Waals surface area contributed by atoms with E-state index >= 15 is 0 Å². The number of likely N-dealkylation sites (N-methyl/N-ethyl adjacent to an activating group) is 2. The monoisotopic (exact) mass is 482 g/mol. The second-order valence-corrected chi connectivity index (χ2v) is 11.0. The molecule has 0 atom stereocenters. The summed E-state index contributed by atoms with van der Waals surface area (Å²) in [6, 6.07) is 10.9. The van der Waals surface area contributed by atoms with E-state index in [0.29, 0.717) is 0 Å². The van der Waals surface area contributed by atoms with Gasteiger partial charge in [-0.2, -0.15) is 0 Å². The Bertz CT molecular complexity index is 1360. The molecule has 0 unspecified atom stereocenters. The van der Waals surface area contributed by atoms with Gasteiger partial charge in [-0.25, -0.2) is 4.98 Å². The van der Waals surface area contributed by atoms with Gasteiger partial charge in [0.25, 0.3) is 0 Å². The van der Waals surface area contributed by atoms with Gasteiger partial charge in [0, 0.05) is 71.9 Å². The molecule has 1 aliphatic carbocycles. The molecule has 3 aromatic rings. The van der Waals surface area contributed by atoms with E-state index in [1.165, 1.54) is 28.0 Å². The van der Waals surface area contributed by atoms with Crippen LogP contribution in [0.25, 0.3) is 27.9 Å². The molecule has 0 saturated carbocycles. The lowest BCUT2D eigenvalue weighted by atomic mass is 9.77. The van der Waals surface area contributed by atoms with Gasteiger partial charge >= 0.3 is 0 Å². The number of pyridine rings is 1. The van der Waals surface area contributed by atoms with E-state index in [1.54, 1.807) is 0 Å². The molecule has 3 N–H and O–H groups in total. The molecule has 0 spiro atoms. The Kier molecular flexibility index (Phi) is 6.39. The van der Waals surface area contributed by atoms with E-state index in [0.717, 1.165) is 60.7 Å². The van der Waals surface area contributed by atoms with Crippen LogP contribution in [0.5, 0.6) is 0 Å². The predicted molar refractivity (Wildman–Crippen MR) is 152 cm³/mol. The molecule has 0 amide bonds. The van der Waals surface area contributed by atoms with E-state index in [1.807, 2.05) is 0 Å². The zero-order chi connectivity index (χ0) is 25.4. The molecule has 0 saturated heterocycles. The van der Waals surface area contributed by atoms with Crippen molar-refractivity contribution < 1.29 is 0 Å². The van der Waals surface area contributed by atoms with Crippen molar-refractivity contribution in [3.8, 4) is 11.1 Å². The summed E-state index contributed by atoms with van der Waals surface area (Å²) >= 11 is 0. The van der Waals surface area contributed by atoms with Crippen LogP contribution in [0, 0.1) is 0 Å². The van der Waals surface area contributed by atoms with Crippen molar-refractivity contribution in [2.45, 2.75) is 32.1 Å². The largest absolute Gasteiger partial charge is 0.384 e. The lowest BCUT2D eigenvalue weighted by Gasteiger charge is -2.35. The highest BCUT2D eigenvalue weighted by Crippen LogP contribution is 2.38. The summed E-state index contributed by atoms with van der Waals surface area (Å²) < 4.78 is 0. The number of H-pyrrole nitrogens is 1. The van der Waals surface area contributed by atoms with Gasteiger partial charge in [0.2, 0.25) is 0 Å². The maximum absolute atomic E-state index is 4.89. The summed E-state index contributed by atoms with van der Waals surface area (Å²) in [5.74, 6) is 0.851. The average Bonchev–Trinajstić information content (AvgIpc) is 3.28. The van der Waals surface area contributed by atoms with Crippen molar-refractivity contribution in [3.05, 3.63) is 77.8 Å². The van der Waals surface area contributed by atoms with Crippen LogP contribution in [0.4, 0.5) is 5.82 Å². The van der Waals surface area contributed by atoms with Crippen molar-refractivity contribution in [2.75, 3.05) is 46.1 Å². The van der Waals surface area contributed by atoms with Crippen molar-refractivity contribution in [2.24, 2.45) is 0 Å². The zero-order valence-electron chi connectivity index (χ0n) is 22.2. The van der Waals surface area contributed by atoms with E-state index in [2.05, 4.69) is 116 Å². The number of hydrogen-bond acceptors (Lipinski definition) is 5. The molecule has 2 aromatic heterocycles. The van der Waals surface area contributed by atoms with Crippen LogP contribution in [0.1, 0.15) is 37.8 Å². The molecule has 1 aromatic carbocycles. The van der Waals surface area contributed by atoms with E-state index in [4.69, 9.17) is 4.98 Å². The zero-order valence-corrected chi connectivity index (χ0v) is 22.2. The number of nitrogens with zero attached hydrogens (tertiary/aromatic N) is 3. The Hall–Kier alpha value is -3.51. The molecule has 188 valence electrons. The maximum atomic E-state index is 4.89. The molecule has 0 radical (unpaired) electrons. The molecule has 6 heteroatoms. The fourth-order valence-corrected chi connectivity index (χ4v) is 5.08. The number of aromatic amines is 1. The molecule has 2 aliphatic rings. The molecule has 0 bridgehead atoms. The number of aromatic nitrogens is 2.